The van der Waals surface area contributed by atoms with Gasteiger partial charge in [-0.05, 0) is 29.2 Å². The van der Waals surface area contributed by atoms with E-state index in [1.165, 1.54) is 10.1 Å². The van der Waals surface area contributed by atoms with E-state index in [1.807, 2.05) is 24.3 Å². The van der Waals surface area contributed by atoms with E-state index in [-0.39, 0.29) is 11.7 Å². The molecule has 1 atom stereocenters. The van der Waals surface area contributed by atoms with Gasteiger partial charge in [0.2, 0.25) is 0 Å². The molecule has 122 valence electrons. The Kier molecular flexibility index (Phi) is 3.46. The van der Waals surface area contributed by atoms with Gasteiger partial charge in [-0.15, -0.1) is 0 Å². The molecule has 1 unspecified atom stereocenters. The number of H-pyrrole nitrogens is 1. The monoisotopic (exact) mass is 322 g/mol. The van der Waals surface area contributed by atoms with E-state index in [0.29, 0.717) is 12.2 Å². The molecule has 1 aromatic heterocycles. The van der Waals surface area contributed by atoms with Crippen LogP contribution in [0, 0.1) is 0 Å². The van der Waals surface area contributed by atoms with Crippen molar-refractivity contribution < 1.29 is 4.74 Å². The Morgan fingerprint density at radius 2 is 2.12 bits per heavy atom. The molecule has 0 radical (unpaired) electrons. The van der Waals surface area contributed by atoms with E-state index in [4.69, 9.17) is 10.5 Å². The topological polar surface area (TPSA) is 85.9 Å². The van der Waals surface area contributed by atoms with Crippen molar-refractivity contribution in [3.05, 3.63) is 75.5 Å². The molecule has 6 nitrogen and oxygen atoms in total. The van der Waals surface area contributed by atoms with Crippen LogP contribution in [0.2, 0.25) is 0 Å². The Morgan fingerprint density at radius 1 is 1.33 bits per heavy atom. The quantitative estimate of drug-likeness (QED) is 0.769. The van der Waals surface area contributed by atoms with Gasteiger partial charge in [0.25, 0.3) is 0 Å². The van der Waals surface area contributed by atoms with Crippen molar-refractivity contribution >= 4 is 0 Å². The number of nitrogens with two attached hydrogens (primary N) is 1. The van der Waals surface area contributed by atoms with Crippen LogP contribution in [0.1, 0.15) is 28.6 Å². The molecule has 1 aliphatic heterocycles. The predicted octanol–water partition coefficient (Wildman–Crippen LogP) is 1.72. The summed E-state index contributed by atoms with van der Waals surface area (Å²) >= 11 is 0. The number of rotatable bonds is 3. The van der Waals surface area contributed by atoms with Crippen molar-refractivity contribution in [1.82, 2.24) is 14.8 Å². The van der Waals surface area contributed by atoms with E-state index in [1.54, 1.807) is 7.11 Å². The summed E-state index contributed by atoms with van der Waals surface area (Å²) in [6.45, 7) is 0. The zero-order valence-corrected chi connectivity index (χ0v) is 13.3. The Bertz CT molecular complexity index is 943. The van der Waals surface area contributed by atoms with Crippen LogP contribution < -0.4 is 16.2 Å². The molecule has 3 aromatic rings. The number of hydrogen-bond acceptors (Lipinski definition) is 4. The summed E-state index contributed by atoms with van der Waals surface area (Å²) < 4.78 is 7.10. The molecule has 2 aromatic carbocycles. The van der Waals surface area contributed by atoms with Gasteiger partial charge in [0.1, 0.15) is 5.75 Å². The van der Waals surface area contributed by atoms with Gasteiger partial charge in [0, 0.05) is 12.5 Å². The smallest absolute Gasteiger partial charge is 0.348 e. The van der Waals surface area contributed by atoms with Gasteiger partial charge in [-0.25, -0.2) is 14.5 Å². The summed E-state index contributed by atoms with van der Waals surface area (Å²) in [5.74, 6) is 1.32. The molecule has 0 aliphatic carbocycles. The molecule has 6 heteroatoms. The van der Waals surface area contributed by atoms with Crippen LogP contribution in [0.25, 0.3) is 5.69 Å². The lowest BCUT2D eigenvalue weighted by Gasteiger charge is -2.24. The van der Waals surface area contributed by atoms with Crippen LogP contribution in [-0.2, 0) is 12.8 Å². The summed E-state index contributed by atoms with van der Waals surface area (Å²) in [6, 6.07) is 13.9. The second-order valence-electron chi connectivity index (χ2n) is 5.99. The molecule has 24 heavy (non-hydrogen) atoms. The highest BCUT2D eigenvalue weighted by Crippen LogP contribution is 2.33. The van der Waals surface area contributed by atoms with E-state index < -0.39 is 0 Å². The Labute approximate surface area is 138 Å². The Balaban J connectivity index is 1.84. The van der Waals surface area contributed by atoms with Crippen molar-refractivity contribution in [3.63, 3.8) is 0 Å². The second-order valence-corrected chi connectivity index (χ2v) is 5.99. The lowest BCUT2D eigenvalue weighted by Crippen LogP contribution is -2.29. The van der Waals surface area contributed by atoms with Gasteiger partial charge >= 0.3 is 5.69 Å². The standard InChI is InChI=1S/C18H18N4O2/c1-24-16-10-15-12(8-13(16)7-11-5-3-2-4-6-11)9-14(19)17-20-21-18(23)22(15)17/h2-6,8,10,14H,7,9,19H2,1H3,(H,21,23). The number of benzene rings is 2. The minimum absolute atomic E-state index is 0.278. The maximum atomic E-state index is 12.1. The van der Waals surface area contributed by atoms with Crippen LogP contribution in [0.4, 0.5) is 0 Å². The number of methoxy groups -OCH3 is 1. The molecular formula is C18H18N4O2. The van der Waals surface area contributed by atoms with Gasteiger partial charge in [-0.3, -0.25) is 0 Å². The lowest BCUT2D eigenvalue weighted by molar-refractivity contribution is 0.409. The molecule has 4 rings (SSSR count). The van der Waals surface area contributed by atoms with E-state index in [0.717, 1.165) is 29.0 Å². The molecule has 0 spiro atoms. The first-order chi connectivity index (χ1) is 11.7. The average Bonchev–Trinajstić information content (AvgIpc) is 2.98. The highest BCUT2D eigenvalue weighted by Gasteiger charge is 2.27. The molecule has 0 bridgehead atoms. The first kappa shape index (κ1) is 14.7. The second kappa shape index (κ2) is 5.65. The summed E-state index contributed by atoms with van der Waals surface area (Å²) in [5, 5.41) is 6.52. The van der Waals surface area contributed by atoms with Crippen molar-refractivity contribution in [2.75, 3.05) is 7.11 Å². The maximum absolute atomic E-state index is 12.1. The molecule has 0 saturated carbocycles. The predicted molar refractivity (Wildman–Crippen MR) is 90.6 cm³/mol. The molecule has 0 saturated heterocycles. The van der Waals surface area contributed by atoms with Gasteiger partial charge < -0.3 is 10.5 Å². The summed E-state index contributed by atoms with van der Waals surface area (Å²) in [6.07, 6.45) is 1.41. The Hall–Kier alpha value is -2.86. The van der Waals surface area contributed by atoms with Crippen molar-refractivity contribution in [2.45, 2.75) is 18.9 Å². The number of nitrogens with zero attached hydrogens (tertiary/aromatic N) is 2. The third-order valence-corrected chi connectivity index (χ3v) is 4.43. The van der Waals surface area contributed by atoms with Crippen molar-refractivity contribution in [1.29, 1.82) is 0 Å². The average molecular weight is 322 g/mol. The number of aromatic amines is 1. The van der Waals surface area contributed by atoms with E-state index in [2.05, 4.69) is 28.4 Å². The normalized spacial score (nSPS) is 15.7. The lowest BCUT2D eigenvalue weighted by atomic mass is 9.94. The summed E-state index contributed by atoms with van der Waals surface area (Å²) in [5.41, 5.74) is 10.0. The number of ether oxygens (including phenoxy) is 1. The molecular weight excluding hydrogens is 304 g/mol. The van der Waals surface area contributed by atoms with Gasteiger partial charge in [0.05, 0.1) is 18.8 Å². The third kappa shape index (κ3) is 2.32. The Morgan fingerprint density at radius 3 is 2.88 bits per heavy atom. The molecule has 1 aliphatic rings. The largest absolute Gasteiger partial charge is 0.496 e. The van der Waals surface area contributed by atoms with Crippen molar-refractivity contribution in [3.8, 4) is 11.4 Å². The zero-order chi connectivity index (χ0) is 16.7. The number of nitrogens with one attached hydrogen (secondary N) is 1. The fraction of sp³-hybridized carbons (Fsp3) is 0.222. The van der Waals surface area contributed by atoms with E-state index >= 15 is 0 Å². The highest BCUT2D eigenvalue weighted by atomic mass is 16.5. The first-order valence-corrected chi connectivity index (χ1v) is 7.84. The van der Waals surface area contributed by atoms with Crippen LogP contribution in [0.5, 0.6) is 5.75 Å². The number of fused-ring (bicyclic) bond motifs is 3. The van der Waals surface area contributed by atoms with Crippen LogP contribution in [0.3, 0.4) is 0 Å². The minimum atomic E-state index is -0.297. The van der Waals surface area contributed by atoms with Crippen LogP contribution >= 0.6 is 0 Å². The number of hydrogen-bond donors (Lipinski definition) is 2. The fourth-order valence-electron chi connectivity index (χ4n) is 3.30. The van der Waals surface area contributed by atoms with Crippen LogP contribution in [-0.4, -0.2) is 21.9 Å². The third-order valence-electron chi connectivity index (χ3n) is 4.43. The van der Waals surface area contributed by atoms with Crippen LogP contribution in [0.15, 0.2) is 47.3 Å². The van der Waals surface area contributed by atoms with E-state index in [9.17, 15) is 4.79 Å². The molecule has 0 amide bonds. The molecule has 2 heterocycles. The summed E-state index contributed by atoms with van der Waals surface area (Å²) in [4.78, 5) is 12.1. The molecule has 0 fully saturated rings. The molecule has 3 N–H and O–H groups in total. The van der Waals surface area contributed by atoms with Gasteiger partial charge in [0.15, 0.2) is 5.82 Å². The highest BCUT2D eigenvalue weighted by molar-refractivity contribution is 5.54. The maximum Gasteiger partial charge on any atom is 0.348 e. The zero-order valence-electron chi connectivity index (χ0n) is 13.3. The van der Waals surface area contributed by atoms with Gasteiger partial charge in [-0.2, -0.15) is 5.10 Å². The summed E-state index contributed by atoms with van der Waals surface area (Å²) in [7, 11) is 1.64. The fourth-order valence-corrected chi connectivity index (χ4v) is 3.30. The van der Waals surface area contributed by atoms with Gasteiger partial charge in [-0.1, -0.05) is 30.3 Å². The minimum Gasteiger partial charge on any atom is -0.496 e. The SMILES string of the molecule is COc1cc2c(cc1Cc1ccccc1)CC(N)c1n[nH]c(=O)n1-2. The van der Waals surface area contributed by atoms with Crippen molar-refractivity contribution in [2.24, 2.45) is 5.73 Å². The first-order valence-electron chi connectivity index (χ1n) is 7.84. The number of aromatic nitrogens is 3.